The van der Waals surface area contributed by atoms with E-state index in [1.807, 2.05) is 53.8 Å². The number of hydrogen-bond acceptors (Lipinski definition) is 4. The fraction of sp³-hybridized carbons (Fsp3) is 0.348. The molecule has 0 bridgehead atoms. The molecule has 170 valence electrons. The van der Waals surface area contributed by atoms with Crippen molar-refractivity contribution in [2.75, 3.05) is 26.7 Å². The summed E-state index contributed by atoms with van der Waals surface area (Å²) < 4.78 is 33.6. The number of carboxylic acids is 1. The van der Waals surface area contributed by atoms with Crippen LogP contribution < -0.4 is 5.32 Å². The van der Waals surface area contributed by atoms with E-state index in [-0.39, 0.29) is 19.1 Å². The van der Waals surface area contributed by atoms with Crippen molar-refractivity contribution in [1.82, 2.24) is 10.2 Å². The number of hydrogen-bond donors (Lipinski definition) is 2. The van der Waals surface area contributed by atoms with Gasteiger partial charge in [-0.1, -0.05) is 55.5 Å². The van der Waals surface area contributed by atoms with Gasteiger partial charge in [-0.15, -0.1) is 0 Å². The Balaban J connectivity index is 1.56. The maximum atomic E-state index is 14.2. The van der Waals surface area contributed by atoms with Gasteiger partial charge in [-0.25, -0.2) is 4.79 Å². The monoisotopic (exact) mass is 446 g/mol. The Labute approximate surface area is 184 Å². The summed E-state index contributed by atoms with van der Waals surface area (Å²) in [6.07, 6.45) is -1.07. The zero-order valence-electron chi connectivity index (χ0n) is 17.7. The molecule has 0 aromatic heterocycles. The summed E-state index contributed by atoms with van der Waals surface area (Å²) in [6, 6.07) is 15.4. The maximum Gasteiger partial charge on any atom is 0.407 e. The fourth-order valence-corrected chi connectivity index (χ4v) is 3.76. The highest BCUT2D eigenvalue weighted by Crippen LogP contribution is 2.44. The molecular formula is C23H24F2N2O5. The summed E-state index contributed by atoms with van der Waals surface area (Å²) in [5.41, 5.74) is 4.04. The van der Waals surface area contributed by atoms with Gasteiger partial charge in [0.2, 0.25) is 0 Å². The average molecular weight is 446 g/mol. The number of benzene rings is 2. The number of alkyl carbamates (subject to hydrolysis) is 1. The van der Waals surface area contributed by atoms with Crippen LogP contribution in [0.25, 0.3) is 11.1 Å². The molecule has 0 fully saturated rings. The Bertz CT molecular complexity index is 981. The molecule has 2 amide bonds. The van der Waals surface area contributed by atoms with E-state index in [0.29, 0.717) is 4.90 Å². The van der Waals surface area contributed by atoms with Crippen LogP contribution in [-0.2, 0) is 14.3 Å². The van der Waals surface area contributed by atoms with Gasteiger partial charge in [0.25, 0.3) is 5.91 Å². The van der Waals surface area contributed by atoms with E-state index >= 15 is 0 Å². The topological polar surface area (TPSA) is 95.9 Å². The van der Waals surface area contributed by atoms with Crippen molar-refractivity contribution in [1.29, 1.82) is 0 Å². The first-order valence-electron chi connectivity index (χ1n) is 10.1. The summed E-state index contributed by atoms with van der Waals surface area (Å²) >= 11 is 0. The van der Waals surface area contributed by atoms with Crippen molar-refractivity contribution in [2.24, 2.45) is 5.92 Å². The average Bonchev–Trinajstić information content (AvgIpc) is 3.09. The molecule has 9 heteroatoms. The van der Waals surface area contributed by atoms with Crippen molar-refractivity contribution in [3.05, 3.63) is 59.7 Å². The lowest BCUT2D eigenvalue weighted by Crippen LogP contribution is -2.50. The number of fused-ring (bicyclic) bond motifs is 3. The van der Waals surface area contributed by atoms with Gasteiger partial charge in [0.15, 0.2) is 0 Å². The smallest absolute Gasteiger partial charge is 0.407 e. The Morgan fingerprint density at radius 3 is 2.16 bits per heavy atom. The van der Waals surface area contributed by atoms with Crippen LogP contribution in [0.15, 0.2) is 48.5 Å². The van der Waals surface area contributed by atoms with Crippen molar-refractivity contribution in [2.45, 2.75) is 18.8 Å². The number of ether oxygens (including phenoxy) is 1. The van der Waals surface area contributed by atoms with Gasteiger partial charge < -0.3 is 20.1 Å². The molecule has 0 saturated heterocycles. The lowest BCUT2D eigenvalue weighted by Gasteiger charge is -2.25. The lowest BCUT2D eigenvalue weighted by atomic mass is 9.98. The van der Waals surface area contributed by atoms with Crippen LogP contribution in [0.4, 0.5) is 13.6 Å². The number of amides is 2. The largest absolute Gasteiger partial charge is 0.481 e. The van der Waals surface area contributed by atoms with Crippen LogP contribution in [0.5, 0.6) is 0 Å². The second-order valence-electron chi connectivity index (χ2n) is 7.81. The van der Waals surface area contributed by atoms with E-state index in [4.69, 9.17) is 9.84 Å². The second kappa shape index (κ2) is 9.33. The number of carboxylic acid groups (broad SMARTS) is 1. The third-order valence-electron chi connectivity index (χ3n) is 5.43. The van der Waals surface area contributed by atoms with E-state index in [9.17, 15) is 23.2 Å². The van der Waals surface area contributed by atoms with Crippen molar-refractivity contribution in [3.8, 4) is 11.1 Å². The minimum atomic E-state index is -3.90. The molecule has 7 nitrogen and oxygen atoms in total. The number of rotatable bonds is 8. The molecule has 0 saturated carbocycles. The Morgan fingerprint density at radius 2 is 1.62 bits per heavy atom. The first-order valence-corrected chi connectivity index (χ1v) is 10.1. The van der Waals surface area contributed by atoms with E-state index in [0.717, 1.165) is 29.3 Å². The molecule has 32 heavy (non-hydrogen) atoms. The normalized spacial score (nSPS) is 13.6. The van der Waals surface area contributed by atoms with Gasteiger partial charge in [-0.3, -0.25) is 9.59 Å². The van der Waals surface area contributed by atoms with Crippen molar-refractivity contribution < 1.29 is 33.0 Å². The predicted molar refractivity (Wildman–Crippen MR) is 112 cm³/mol. The highest BCUT2D eigenvalue weighted by Gasteiger charge is 2.42. The molecule has 1 unspecified atom stereocenters. The number of aliphatic carboxylic acids is 1. The zero-order valence-corrected chi connectivity index (χ0v) is 17.7. The molecule has 1 aliphatic carbocycles. The van der Waals surface area contributed by atoms with E-state index in [2.05, 4.69) is 0 Å². The number of carbonyl (C=O) groups excluding carboxylic acids is 2. The Kier molecular flexibility index (Phi) is 6.76. The zero-order chi connectivity index (χ0) is 23.5. The fourth-order valence-electron chi connectivity index (χ4n) is 3.76. The van der Waals surface area contributed by atoms with Gasteiger partial charge in [0, 0.05) is 19.5 Å². The minimum absolute atomic E-state index is 0.0462. The molecule has 0 heterocycles. The van der Waals surface area contributed by atoms with Gasteiger partial charge in [0.05, 0.1) is 12.5 Å². The first kappa shape index (κ1) is 23.2. The number of alkyl halides is 2. The standard InChI is InChI=1S/C23H24F2N2O5/c1-14(20(28)29)11-27(2)21(30)23(24,25)13-26-22(31)32-12-19-17-9-5-3-7-15(17)16-8-4-6-10-18(16)19/h3-10,14,19H,11-13H2,1-2H3,(H,26,31)(H,28,29). The molecule has 2 N–H and O–H groups in total. The molecule has 0 radical (unpaired) electrons. The van der Waals surface area contributed by atoms with Crippen LogP contribution in [0.3, 0.4) is 0 Å². The molecule has 2 aromatic carbocycles. The van der Waals surface area contributed by atoms with Crippen LogP contribution >= 0.6 is 0 Å². The summed E-state index contributed by atoms with van der Waals surface area (Å²) in [7, 11) is 1.09. The van der Waals surface area contributed by atoms with Gasteiger partial charge in [-0.2, -0.15) is 8.78 Å². The molecule has 3 rings (SSSR count). The van der Waals surface area contributed by atoms with Crippen LogP contribution in [-0.4, -0.2) is 60.6 Å². The molecule has 0 aliphatic heterocycles. The predicted octanol–water partition coefficient (Wildman–Crippen LogP) is 3.34. The molecule has 2 aromatic rings. The SMILES string of the molecule is CC(CN(C)C(=O)C(F)(F)CNC(=O)OCC1c2ccccc2-c2ccccc21)C(=O)O. The lowest BCUT2D eigenvalue weighted by molar-refractivity contribution is -0.156. The van der Waals surface area contributed by atoms with E-state index in [1.54, 1.807) is 0 Å². The summed E-state index contributed by atoms with van der Waals surface area (Å²) in [6.45, 7) is -0.377. The van der Waals surface area contributed by atoms with Crippen LogP contribution in [0.2, 0.25) is 0 Å². The first-order chi connectivity index (χ1) is 15.1. The van der Waals surface area contributed by atoms with Gasteiger partial charge in [0.1, 0.15) is 6.61 Å². The summed E-state index contributed by atoms with van der Waals surface area (Å²) in [4.78, 5) is 35.5. The quantitative estimate of drug-likeness (QED) is 0.649. The third-order valence-corrected chi connectivity index (χ3v) is 5.43. The molecular weight excluding hydrogens is 422 g/mol. The van der Waals surface area contributed by atoms with Gasteiger partial charge in [-0.05, 0) is 22.3 Å². The van der Waals surface area contributed by atoms with E-state index in [1.165, 1.54) is 6.92 Å². The van der Waals surface area contributed by atoms with Crippen LogP contribution in [0.1, 0.15) is 24.0 Å². The molecule has 0 spiro atoms. The summed E-state index contributed by atoms with van der Waals surface area (Å²) in [5.74, 6) is -7.92. The number of carbonyl (C=O) groups is 3. The summed E-state index contributed by atoms with van der Waals surface area (Å²) in [5, 5.41) is 10.8. The van der Waals surface area contributed by atoms with Crippen molar-refractivity contribution in [3.63, 3.8) is 0 Å². The van der Waals surface area contributed by atoms with Gasteiger partial charge >= 0.3 is 18.0 Å². The Morgan fingerprint density at radius 1 is 1.09 bits per heavy atom. The van der Waals surface area contributed by atoms with E-state index < -0.39 is 36.4 Å². The Hall–Kier alpha value is -3.49. The number of halogens is 2. The minimum Gasteiger partial charge on any atom is -0.481 e. The second-order valence-corrected chi connectivity index (χ2v) is 7.81. The highest BCUT2D eigenvalue weighted by atomic mass is 19.3. The molecule has 1 aliphatic rings. The van der Waals surface area contributed by atoms with Crippen LogP contribution in [0, 0.1) is 5.92 Å². The highest BCUT2D eigenvalue weighted by molar-refractivity contribution is 5.85. The third kappa shape index (κ3) is 4.87. The maximum absolute atomic E-state index is 14.2. The molecule has 1 atom stereocenters. The number of nitrogens with zero attached hydrogens (tertiary/aromatic N) is 1. The number of nitrogens with one attached hydrogen (secondary N) is 1. The van der Waals surface area contributed by atoms with Crippen molar-refractivity contribution >= 4 is 18.0 Å².